The van der Waals surface area contributed by atoms with Gasteiger partial charge in [0.15, 0.2) is 0 Å². The van der Waals surface area contributed by atoms with Crippen LogP contribution in [0.5, 0.6) is 0 Å². The van der Waals surface area contributed by atoms with Crippen LogP contribution >= 0.6 is 15.9 Å². The van der Waals surface area contributed by atoms with Crippen molar-refractivity contribution in [2.24, 2.45) is 11.7 Å². The normalized spacial score (nSPS) is 18.9. The van der Waals surface area contributed by atoms with Gasteiger partial charge in [-0.15, -0.1) is 0 Å². The van der Waals surface area contributed by atoms with Crippen LogP contribution in [-0.2, 0) is 6.54 Å². The summed E-state index contributed by atoms with van der Waals surface area (Å²) < 4.78 is 1.13. The summed E-state index contributed by atoms with van der Waals surface area (Å²) in [6.07, 6.45) is 4.01. The molecule has 0 aliphatic heterocycles. The summed E-state index contributed by atoms with van der Waals surface area (Å²) in [5, 5.41) is 0. The highest BCUT2D eigenvalue weighted by atomic mass is 79.9. The molecule has 1 aromatic rings. The van der Waals surface area contributed by atoms with Gasteiger partial charge in [-0.2, -0.15) is 0 Å². The van der Waals surface area contributed by atoms with Crippen molar-refractivity contribution < 1.29 is 0 Å². The van der Waals surface area contributed by atoms with Gasteiger partial charge in [0.05, 0.1) is 0 Å². The van der Waals surface area contributed by atoms with Gasteiger partial charge < -0.3 is 5.73 Å². The molecular formula is C15H23BrN2. The van der Waals surface area contributed by atoms with Crippen molar-refractivity contribution in [3.63, 3.8) is 0 Å². The van der Waals surface area contributed by atoms with Gasteiger partial charge in [0, 0.05) is 23.1 Å². The summed E-state index contributed by atoms with van der Waals surface area (Å²) in [7, 11) is 2.19. The molecule has 0 heterocycles. The number of hydrogen-bond donors (Lipinski definition) is 1. The summed E-state index contributed by atoms with van der Waals surface area (Å²) in [5.41, 5.74) is 7.49. The van der Waals surface area contributed by atoms with Crippen LogP contribution < -0.4 is 5.73 Å². The SMILES string of the molecule is CN(Cc1ccc(Br)cc1)C(C)(CN)CC1CC1. The molecule has 1 atom stereocenters. The highest BCUT2D eigenvalue weighted by Crippen LogP contribution is 2.38. The Morgan fingerprint density at radius 2 is 1.94 bits per heavy atom. The molecule has 2 nitrogen and oxygen atoms in total. The lowest BCUT2D eigenvalue weighted by Crippen LogP contribution is -2.49. The zero-order valence-electron chi connectivity index (χ0n) is 11.3. The Hall–Kier alpha value is -0.380. The van der Waals surface area contributed by atoms with Crippen LogP contribution in [0.25, 0.3) is 0 Å². The summed E-state index contributed by atoms with van der Waals surface area (Å²) in [6, 6.07) is 8.55. The fraction of sp³-hybridized carbons (Fsp3) is 0.600. The van der Waals surface area contributed by atoms with Crippen LogP contribution in [-0.4, -0.2) is 24.0 Å². The van der Waals surface area contributed by atoms with Gasteiger partial charge in [-0.25, -0.2) is 0 Å². The molecule has 2 rings (SSSR count). The molecule has 2 N–H and O–H groups in total. The molecule has 0 aromatic heterocycles. The smallest absolute Gasteiger partial charge is 0.0306 e. The number of halogens is 1. The first-order valence-corrected chi connectivity index (χ1v) is 7.48. The molecule has 0 bridgehead atoms. The molecule has 1 unspecified atom stereocenters. The van der Waals surface area contributed by atoms with E-state index in [1.165, 1.54) is 24.8 Å². The molecule has 1 aliphatic rings. The fourth-order valence-electron chi connectivity index (χ4n) is 2.39. The zero-order chi connectivity index (χ0) is 13.2. The average Bonchev–Trinajstić information content (AvgIpc) is 3.15. The van der Waals surface area contributed by atoms with E-state index in [2.05, 4.69) is 59.1 Å². The minimum Gasteiger partial charge on any atom is -0.329 e. The molecular weight excluding hydrogens is 288 g/mol. The molecule has 3 heteroatoms. The maximum atomic E-state index is 6.01. The minimum absolute atomic E-state index is 0.133. The lowest BCUT2D eigenvalue weighted by molar-refractivity contribution is 0.119. The number of likely N-dealkylation sites (N-methyl/N-ethyl adjacent to an activating group) is 1. The monoisotopic (exact) mass is 310 g/mol. The predicted octanol–water partition coefficient (Wildman–Crippen LogP) is 3.40. The van der Waals surface area contributed by atoms with E-state index in [0.29, 0.717) is 0 Å². The van der Waals surface area contributed by atoms with Gasteiger partial charge in [-0.05, 0) is 44.0 Å². The minimum atomic E-state index is 0.133. The van der Waals surface area contributed by atoms with Gasteiger partial charge in [0.2, 0.25) is 0 Å². The highest BCUT2D eigenvalue weighted by molar-refractivity contribution is 9.10. The molecule has 0 amide bonds. The topological polar surface area (TPSA) is 29.3 Å². The van der Waals surface area contributed by atoms with Crippen molar-refractivity contribution in [1.82, 2.24) is 4.90 Å². The zero-order valence-corrected chi connectivity index (χ0v) is 12.9. The second-order valence-electron chi connectivity index (χ2n) is 5.83. The number of nitrogens with zero attached hydrogens (tertiary/aromatic N) is 1. The third-order valence-electron chi connectivity index (χ3n) is 4.12. The lowest BCUT2D eigenvalue weighted by atomic mass is 9.92. The van der Waals surface area contributed by atoms with Crippen molar-refractivity contribution in [2.45, 2.75) is 38.3 Å². The molecule has 0 saturated heterocycles. The van der Waals surface area contributed by atoms with Gasteiger partial charge in [0.1, 0.15) is 0 Å². The first-order valence-electron chi connectivity index (χ1n) is 6.69. The first-order chi connectivity index (χ1) is 8.53. The molecule has 1 aromatic carbocycles. The Kier molecular flexibility index (Phi) is 4.46. The Morgan fingerprint density at radius 1 is 1.33 bits per heavy atom. The van der Waals surface area contributed by atoms with Crippen LogP contribution in [0.15, 0.2) is 28.7 Å². The van der Waals surface area contributed by atoms with Crippen molar-refractivity contribution >= 4 is 15.9 Å². The molecule has 1 aliphatic carbocycles. The third-order valence-corrected chi connectivity index (χ3v) is 4.65. The number of hydrogen-bond acceptors (Lipinski definition) is 2. The molecule has 0 spiro atoms. The van der Waals surface area contributed by atoms with Crippen molar-refractivity contribution in [3.05, 3.63) is 34.3 Å². The van der Waals surface area contributed by atoms with Crippen molar-refractivity contribution in [3.8, 4) is 0 Å². The Labute approximate surface area is 119 Å². The Balaban J connectivity index is 1.99. The Morgan fingerprint density at radius 3 is 2.44 bits per heavy atom. The standard InChI is InChI=1S/C15H23BrN2/c1-15(11-17,9-12-3-4-12)18(2)10-13-5-7-14(16)8-6-13/h5-8,12H,3-4,9-11,17H2,1-2H3. The summed E-state index contributed by atoms with van der Waals surface area (Å²) in [4.78, 5) is 2.41. The number of nitrogens with two attached hydrogens (primary N) is 1. The van der Waals surface area contributed by atoms with Crippen LogP contribution in [0.2, 0.25) is 0 Å². The van der Waals surface area contributed by atoms with Crippen LogP contribution in [0.3, 0.4) is 0 Å². The number of benzene rings is 1. The summed E-state index contributed by atoms with van der Waals surface area (Å²) in [5.74, 6) is 0.908. The van der Waals surface area contributed by atoms with Crippen LogP contribution in [0.4, 0.5) is 0 Å². The molecule has 100 valence electrons. The largest absolute Gasteiger partial charge is 0.329 e. The van der Waals surface area contributed by atoms with E-state index in [1.807, 2.05) is 0 Å². The first kappa shape index (κ1) is 14.0. The second-order valence-corrected chi connectivity index (χ2v) is 6.75. The third kappa shape index (κ3) is 3.56. The van der Waals surface area contributed by atoms with Crippen LogP contribution in [0, 0.1) is 5.92 Å². The van der Waals surface area contributed by atoms with E-state index in [9.17, 15) is 0 Å². The lowest BCUT2D eigenvalue weighted by Gasteiger charge is -2.38. The molecule has 0 radical (unpaired) electrons. The average molecular weight is 311 g/mol. The van der Waals surface area contributed by atoms with E-state index in [0.717, 1.165) is 23.5 Å². The predicted molar refractivity (Wildman–Crippen MR) is 80.4 cm³/mol. The summed E-state index contributed by atoms with van der Waals surface area (Å²) in [6.45, 7) is 3.99. The maximum Gasteiger partial charge on any atom is 0.0306 e. The molecule has 18 heavy (non-hydrogen) atoms. The van der Waals surface area contributed by atoms with Gasteiger partial charge in [0.25, 0.3) is 0 Å². The number of rotatable bonds is 6. The highest BCUT2D eigenvalue weighted by Gasteiger charge is 2.35. The van der Waals surface area contributed by atoms with E-state index < -0.39 is 0 Å². The van der Waals surface area contributed by atoms with Gasteiger partial charge >= 0.3 is 0 Å². The van der Waals surface area contributed by atoms with Gasteiger partial charge in [-0.1, -0.05) is 40.9 Å². The van der Waals surface area contributed by atoms with Crippen molar-refractivity contribution in [1.29, 1.82) is 0 Å². The second kappa shape index (κ2) is 5.72. The summed E-state index contributed by atoms with van der Waals surface area (Å²) >= 11 is 3.47. The maximum absolute atomic E-state index is 6.01. The Bertz CT molecular complexity index is 386. The quantitative estimate of drug-likeness (QED) is 0.872. The van der Waals surface area contributed by atoms with E-state index in [1.54, 1.807) is 0 Å². The van der Waals surface area contributed by atoms with Crippen LogP contribution in [0.1, 0.15) is 31.7 Å². The fourth-order valence-corrected chi connectivity index (χ4v) is 2.66. The van der Waals surface area contributed by atoms with Crippen molar-refractivity contribution in [2.75, 3.05) is 13.6 Å². The van der Waals surface area contributed by atoms with E-state index in [4.69, 9.17) is 5.73 Å². The van der Waals surface area contributed by atoms with E-state index in [-0.39, 0.29) is 5.54 Å². The molecule has 1 fully saturated rings. The van der Waals surface area contributed by atoms with E-state index >= 15 is 0 Å². The molecule has 1 saturated carbocycles. The van der Waals surface area contributed by atoms with Gasteiger partial charge in [-0.3, -0.25) is 4.90 Å².